The highest BCUT2D eigenvalue weighted by molar-refractivity contribution is 7.89. The van der Waals surface area contributed by atoms with Crippen LogP contribution in [0, 0.1) is 0 Å². The molecule has 0 aliphatic heterocycles. The molecule has 0 fully saturated rings. The first-order valence-electron chi connectivity index (χ1n) is 8.03. The van der Waals surface area contributed by atoms with Gasteiger partial charge in [0.25, 0.3) is 0 Å². The highest BCUT2D eigenvalue weighted by Crippen LogP contribution is 2.12. The molecule has 2 aromatic carbocycles. The second-order valence-electron chi connectivity index (χ2n) is 5.89. The van der Waals surface area contributed by atoms with Crippen LogP contribution in [-0.4, -0.2) is 29.3 Å². The van der Waals surface area contributed by atoms with Crippen molar-refractivity contribution in [2.24, 2.45) is 5.14 Å². The lowest BCUT2D eigenvalue weighted by atomic mass is 10.2. The van der Waals surface area contributed by atoms with Crippen LogP contribution >= 0.6 is 0 Å². The van der Waals surface area contributed by atoms with Crippen LogP contribution in [-0.2, 0) is 37.8 Å². The van der Waals surface area contributed by atoms with Crippen molar-refractivity contribution in [2.45, 2.75) is 29.7 Å². The summed E-state index contributed by atoms with van der Waals surface area (Å²) in [6.45, 7) is 1.90. The highest BCUT2D eigenvalue weighted by Gasteiger charge is 2.13. The number of hydrogen-bond donors (Lipinski definition) is 3. The Labute approximate surface area is 158 Å². The fourth-order valence-corrected chi connectivity index (χ4v) is 3.82. The molecule has 8 nitrogen and oxygen atoms in total. The van der Waals surface area contributed by atoms with Crippen LogP contribution in [0.25, 0.3) is 0 Å². The Morgan fingerprint density at radius 1 is 0.889 bits per heavy atom. The molecule has 1 amide bonds. The fraction of sp³-hybridized carbons (Fsp3) is 0.235. The van der Waals surface area contributed by atoms with Crippen molar-refractivity contribution >= 4 is 26.0 Å². The minimum Gasteiger partial charge on any atom is -0.352 e. The predicted octanol–water partition coefficient (Wildman–Crippen LogP) is 0.491. The minimum absolute atomic E-state index is 0.00573. The molecular formula is C17H21N3O5S2. The number of carbonyl (C=O) groups excluding carboxylic acids is 1. The van der Waals surface area contributed by atoms with E-state index >= 15 is 0 Å². The highest BCUT2D eigenvalue weighted by atomic mass is 32.2. The predicted molar refractivity (Wildman–Crippen MR) is 101 cm³/mol. The van der Waals surface area contributed by atoms with Crippen molar-refractivity contribution in [2.75, 3.05) is 6.54 Å². The Bertz CT molecular complexity index is 1000. The fourth-order valence-electron chi connectivity index (χ4n) is 2.27. The molecule has 0 saturated heterocycles. The van der Waals surface area contributed by atoms with E-state index in [4.69, 9.17) is 5.14 Å². The molecule has 0 spiro atoms. The summed E-state index contributed by atoms with van der Waals surface area (Å²) in [4.78, 5) is 11.0. The van der Waals surface area contributed by atoms with Crippen LogP contribution in [0.2, 0.25) is 0 Å². The normalized spacial score (nSPS) is 11.9. The number of primary sulfonamides is 1. The van der Waals surface area contributed by atoms with E-state index < -0.39 is 20.0 Å². The van der Waals surface area contributed by atoms with E-state index in [1.165, 1.54) is 31.2 Å². The van der Waals surface area contributed by atoms with Gasteiger partial charge >= 0.3 is 0 Å². The zero-order valence-electron chi connectivity index (χ0n) is 14.7. The van der Waals surface area contributed by atoms with Crippen LogP contribution in [0.4, 0.5) is 0 Å². The lowest BCUT2D eigenvalue weighted by molar-refractivity contribution is -0.119. The summed E-state index contributed by atoms with van der Waals surface area (Å²) in [5.41, 5.74) is 1.56. The van der Waals surface area contributed by atoms with E-state index in [0.29, 0.717) is 13.0 Å². The molecule has 0 atom stereocenters. The largest absolute Gasteiger partial charge is 0.352 e. The average molecular weight is 412 g/mol. The van der Waals surface area contributed by atoms with Gasteiger partial charge in [0.15, 0.2) is 0 Å². The summed E-state index contributed by atoms with van der Waals surface area (Å²) in [7, 11) is -7.41. The van der Waals surface area contributed by atoms with Gasteiger partial charge in [-0.15, -0.1) is 0 Å². The van der Waals surface area contributed by atoms with Crippen molar-refractivity contribution in [1.29, 1.82) is 0 Å². The van der Waals surface area contributed by atoms with Gasteiger partial charge in [-0.3, -0.25) is 4.79 Å². The summed E-state index contributed by atoms with van der Waals surface area (Å²) < 4.78 is 49.5. The molecular weight excluding hydrogens is 390 g/mol. The van der Waals surface area contributed by atoms with Crippen LogP contribution in [0.1, 0.15) is 18.1 Å². The molecule has 27 heavy (non-hydrogen) atoms. The van der Waals surface area contributed by atoms with Crippen LogP contribution in [0.15, 0.2) is 58.3 Å². The van der Waals surface area contributed by atoms with Crippen LogP contribution < -0.4 is 15.2 Å². The van der Waals surface area contributed by atoms with Crippen molar-refractivity contribution in [3.8, 4) is 0 Å². The Kier molecular flexibility index (Phi) is 6.71. The number of nitrogens with two attached hydrogens (primary N) is 1. The lowest BCUT2D eigenvalue weighted by Gasteiger charge is -2.08. The molecule has 0 heterocycles. The second-order valence-corrected chi connectivity index (χ2v) is 9.22. The van der Waals surface area contributed by atoms with Crippen LogP contribution in [0.3, 0.4) is 0 Å². The summed E-state index contributed by atoms with van der Waals surface area (Å²) >= 11 is 0. The third kappa shape index (κ3) is 6.43. The Morgan fingerprint density at radius 2 is 1.41 bits per heavy atom. The number of benzene rings is 2. The summed E-state index contributed by atoms with van der Waals surface area (Å²) in [6, 6.07) is 12.2. The Balaban J connectivity index is 1.93. The SMILES string of the molecule is CC(=O)NCc1ccc(S(=O)(=O)NCCc2ccc(S(N)(=O)=O)cc2)cc1. The van der Waals surface area contributed by atoms with Gasteiger partial charge in [0.1, 0.15) is 0 Å². The quantitative estimate of drug-likeness (QED) is 0.581. The zero-order valence-corrected chi connectivity index (χ0v) is 16.3. The summed E-state index contributed by atoms with van der Waals surface area (Å²) in [5.74, 6) is -0.162. The number of rotatable bonds is 8. The molecule has 10 heteroatoms. The van der Waals surface area contributed by atoms with Gasteiger partial charge < -0.3 is 5.32 Å². The maximum Gasteiger partial charge on any atom is 0.240 e. The molecule has 0 aromatic heterocycles. The third-order valence-corrected chi connectivity index (χ3v) is 6.14. The number of hydrogen-bond acceptors (Lipinski definition) is 5. The van der Waals surface area contributed by atoms with Gasteiger partial charge in [0, 0.05) is 20.0 Å². The van der Waals surface area contributed by atoms with Crippen molar-refractivity contribution in [1.82, 2.24) is 10.0 Å². The number of amides is 1. The zero-order chi connectivity index (χ0) is 20.1. The maximum absolute atomic E-state index is 12.3. The average Bonchev–Trinajstić information content (AvgIpc) is 2.60. The van der Waals surface area contributed by atoms with Crippen molar-refractivity contribution < 1.29 is 21.6 Å². The van der Waals surface area contributed by atoms with E-state index in [0.717, 1.165) is 11.1 Å². The number of carbonyl (C=O) groups is 1. The van der Waals surface area contributed by atoms with Gasteiger partial charge in [-0.1, -0.05) is 24.3 Å². The standard InChI is InChI=1S/C17H21N3O5S2/c1-13(21)19-12-15-4-8-17(9-5-15)27(24,25)20-11-10-14-2-6-16(7-3-14)26(18,22)23/h2-9,20H,10-12H2,1H3,(H,19,21)(H2,18,22,23). The minimum atomic E-state index is -3.75. The van der Waals surface area contributed by atoms with Gasteiger partial charge in [-0.2, -0.15) is 0 Å². The molecule has 2 rings (SSSR count). The van der Waals surface area contributed by atoms with Gasteiger partial charge in [-0.05, 0) is 41.8 Å². The molecule has 146 valence electrons. The van der Waals surface area contributed by atoms with Gasteiger partial charge in [0.05, 0.1) is 9.79 Å². The smallest absolute Gasteiger partial charge is 0.240 e. The third-order valence-electron chi connectivity index (χ3n) is 3.73. The molecule has 0 unspecified atom stereocenters. The number of nitrogens with one attached hydrogen (secondary N) is 2. The summed E-state index contributed by atoms with van der Waals surface area (Å²) in [5, 5.41) is 7.67. The maximum atomic E-state index is 12.3. The summed E-state index contributed by atoms with van der Waals surface area (Å²) in [6.07, 6.45) is 0.394. The monoisotopic (exact) mass is 411 g/mol. The van der Waals surface area contributed by atoms with E-state index in [9.17, 15) is 21.6 Å². The first-order valence-corrected chi connectivity index (χ1v) is 11.1. The van der Waals surface area contributed by atoms with E-state index in [1.54, 1.807) is 24.3 Å². The van der Waals surface area contributed by atoms with E-state index in [1.807, 2.05) is 0 Å². The first-order chi connectivity index (χ1) is 12.6. The van der Waals surface area contributed by atoms with Crippen molar-refractivity contribution in [3.05, 3.63) is 59.7 Å². The lowest BCUT2D eigenvalue weighted by Crippen LogP contribution is -2.26. The van der Waals surface area contributed by atoms with Gasteiger partial charge in [-0.25, -0.2) is 26.7 Å². The number of sulfonamides is 2. The first kappa shape index (κ1) is 21.0. The van der Waals surface area contributed by atoms with E-state index in [2.05, 4.69) is 10.0 Å². The molecule has 0 radical (unpaired) electrons. The molecule has 4 N–H and O–H groups in total. The topological polar surface area (TPSA) is 135 Å². The Morgan fingerprint density at radius 3 is 1.93 bits per heavy atom. The molecule has 0 aliphatic carbocycles. The molecule has 0 aliphatic rings. The molecule has 0 bridgehead atoms. The Hall–Kier alpha value is -2.27. The molecule has 2 aromatic rings. The van der Waals surface area contributed by atoms with Crippen LogP contribution in [0.5, 0.6) is 0 Å². The van der Waals surface area contributed by atoms with E-state index in [-0.39, 0.29) is 22.2 Å². The second kappa shape index (κ2) is 8.61. The van der Waals surface area contributed by atoms with Gasteiger partial charge in [0.2, 0.25) is 26.0 Å². The van der Waals surface area contributed by atoms with Crippen molar-refractivity contribution in [3.63, 3.8) is 0 Å². The molecule has 0 saturated carbocycles.